The van der Waals surface area contributed by atoms with Gasteiger partial charge in [-0.15, -0.1) is 0 Å². The van der Waals surface area contributed by atoms with Crippen LogP contribution in [0.5, 0.6) is 0 Å². The minimum absolute atomic E-state index is 0.234. The fraction of sp³-hybridized carbons (Fsp3) is 1.00. The van der Waals surface area contributed by atoms with Crippen LogP contribution < -0.4 is 5.73 Å². The molecule has 13 heavy (non-hydrogen) atoms. The van der Waals surface area contributed by atoms with Gasteiger partial charge in [-0.05, 0) is 27.7 Å². The molecule has 0 spiro atoms. The zero-order chi connectivity index (χ0) is 10.0. The lowest BCUT2D eigenvalue weighted by Gasteiger charge is -2.40. The van der Waals surface area contributed by atoms with E-state index in [1.165, 1.54) is 0 Å². The average Bonchev–Trinajstić information content (AvgIpc) is 2.01. The summed E-state index contributed by atoms with van der Waals surface area (Å²) in [4.78, 5) is 2.42. The van der Waals surface area contributed by atoms with Gasteiger partial charge in [0.15, 0.2) is 0 Å². The zero-order valence-electron chi connectivity index (χ0n) is 9.16. The Morgan fingerprint density at radius 2 is 1.69 bits per heavy atom. The van der Waals surface area contributed by atoms with Gasteiger partial charge in [0.05, 0.1) is 12.2 Å². The van der Waals surface area contributed by atoms with E-state index < -0.39 is 0 Å². The molecule has 0 aliphatic carbocycles. The van der Waals surface area contributed by atoms with Gasteiger partial charge in [0.25, 0.3) is 0 Å². The van der Waals surface area contributed by atoms with E-state index in [0.29, 0.717) is 18.2 Å². The summed E-state index contributed by atoms with van der Waals surface area (Å²) in [5, 5.41) is 0. The molecule has 1 aliphatic heterocycles. The van der Waals surface area contributed by atoms with E-state index in [2.05, 4.69) is 32.6 Å². The maximum atomic E-state index is 5.88. The van der Waals surface area contributed by atoms with Crippen molar-refractivity contribution in [3.05, 3.63) is 0 Å². The first-order valence-electron chi connectivity index (χ1n) is 5.15. The van der Waals surface area contributed by atoms with Crippen LogP contribution in [0, 0.1) is 0 Å². The third-order valence-corrected chi connectivity index (χ3v) is 2.78. The molecular formula is C10H22N2O. The Labute approximate surface area is 81.2 Å². The van der Waals surface area contributed by atoms with Gasteiger partial charge in [0.2, 0.25) is 0 Å². The van der Waals surface area contributed by atoms with E-state index in [9.17, 15) is 0 Å². The predicted octanol–water partition coefficient (Wildman–Crippen LogP) is 0.831. The first-order chi connectivity index (χ1) is 6.00. The molecule has 4 unspecified atom stereocenters. The van der Waals surface area contributed by atoms with Gasteiger partial charge in [-0.3, -0.25) is 4.90 Å². The van der Waals surface area contributed by atoms with Crippen molar-refractivity contribution in [2.45, 2.75) is 52.0 Å². The Morgan fingerprint density at radius 1 is 1.23 bits per heavy atom. The molecule has 0 saturated carbocycles. The summed E-state index contributed by atoms with van der Waals surface area (Å²) in [5.41, 5.74) is 5.88. The lowest BCUT2D eigenvalue weighted by Crippen LogP contribution is -2.53. The monoisotopic (exact) mass is 186 g/mol. The van der Waals surface area contributed by atoms with Crippen molar-refractivity contribution >= 4 is 0 Å². The molecule has 2 N–H and O–H groups in total. The molecule has 0 aromatic heterocycles. The predicted molar refractivity (Wildman–Crippen MR) is 54.7 cm³/mol. The van der Waals surface area contributed by atoms with Gasteiger partial charge in [0.1, 0.15) is 0 Å². The summed E-state index contributed by atoms with van der Waals surface area (Å²) >= 11 is 0. The molecule has 0 aromatic carbocycles. The molecule has 3 heteroatoms. The van der Waals surface area contributed by atoms with E-state index >= 15 is 0 Å². The zero-order valence-corrected chi connectivity index (χ0v) is 9.16. The second-order valence-electron chi connectivity index (χ2n) is 4.31. The van der Waals surface area contributed by atoms with E-state index in [1.807, 2.05) is 0 Å². The Kier molecular flexibility index (Phi) is 3.71. The normalized spacial score (nSPS) is 35.8. The minimum Gasteiger partial charge on any atom is -0.373 e. The Bertz CT molecular complexity index is 151. The molecule has 3 nitrogen and oxygen atoms in total. The molecule has 1 heterocycles. The van der Waals surface area contributed by atoms with Gasteiger partial charge >= 0.3 is 0 Å². The summed E-state index contributed by atoms with van der Waals surface area (Å²) < 4.78 is 5.66. The number of nitrogens with zero attached hydrogens (tertiary/aromatic N) is 1. The molecule has 1 rings (SSSR count). The van der Waals surface area contributed by atoms with E-state index in [0.717, 1.165) is 13.1 Å². The summed E-state index contributed by atoms with van der Waals surface area (Å²) in [6.07, 6.45) is 0.676. The molecule has 78 valence electrons. The van der Waals surface area contributed by atoms with Gasteiger partial charge in [0, 0.05) is 25.2 Å². The number of morpholine rings is 1. The van der Waals surface area contributed by atoms with Crippen molar-refractivity contribution in [1.29, 1.82) is 0 Å². The van der Waals surface area contributed by atoms with Gasteiger partial charge in [-0.2, -0.15) is 0 Å². The first-order valence-corrected chi connectivity index (χ1v) is 5.15. The molecule has 1 aliphatic rings. The summed E-state index contributed by atoms with van der Waals surface area (Å²) in [5.74, 6) is 0. The van der Waals surface area contributed by atoms with Gasteiger partial charge in [-0.25, -0.2) is 0 Å². The molecule has 0 radical (unpaired) electrons. The fourth-order valence-corrected chi connectivity index (χ4v) is 1.88. The van der Waals surface area contributed by atoms with Crippen molar-refractivity contribution in [3.8, 4) is 0 Å². The first kappa shape index (κ1) is 11.0. The minimum atomic E-state index is 0.234. The number of rotatable bonds is 2. The molecule has 1 saturated heterocycles. The standard InChI is InChI=1S/C10H22N2O/c1-7-5-12(6-8(2)13-7)10(4)9(3)11/h7-10H,5-6,11H2,1-4H3. The van der Waals surface area contributed by atoms with Crippen molar-refractivity contribution in [2.24, 2.45) is 5.73 Å². The smallest absolute Gasteiger partial charge is 0.0678 e. The molecule has 1 fully saturated rings. The van der Waals surface area contributed by atoms with Crippen LogP contribution in [0.3, 0.4) is 0 Å². The van der Waals surface area contributed by atoms with E-state index in [1.54, 1.807) is 0 Å². The highest BCUT2D eigenvalue weighted by molar-refractivity contribution is 4.81. The van der Waals surface area contributed by atoms with Crippen molar-refractivity contribution in [2.75, 3.05) is 13.1 Å². The third kappa shape index (κ3) is 2.93. The second-order valence-corrected chi connectivity index (χ2v) is 4.31. The van der Waals surface area contributed by atoms with E-state index in [4.69, 9.17) is 10.5 Å². The Morgan fingerprint density at radius 3 is 2.08 bits per heavy atom. The SMILES string of the molecule is CC1CN(C(C)C(C)N)CC(C)O1. The topological polar surface area (TPSA) is 38.5 Å². The summed E-state index contributed by atoms with van der Waals surface area (Å²) in [6.45, 7) is 10.5. The lowest BCUT2D eigenvalue weighted by molar-refractivity contribution is -0.0802. The highest BCUT2D eigenvalue weighted by atomic mass is 16.5. The molecular weight excluding hydrogens is 164 g/mol. The maximum absolute atomic E-state index is 5.88. The van der Waals surface area contributed by atoms with E-state index in [-0.39, 0.29) is 6.04 Å². The molecule has 0 amide bonds. The number of hydrogen-bond acceptors (Lipinski definition) is 3. The number of nitrogens with two attached hydrogens (primary N) is 1. The van der Waals surface area contributed by atoms with Crippen LogP contribution in [0.2, 0.25) is 0 Å². The highest BCUT2D eigenvalue weighted by Crippen LogP contribution is 2.14. The van der Waals surface area contributed by atoms with Gasteiger partial charge < -0.3 is 10.5 Å². The highest BCUT2D eigenvalue weighted by Gasteiger charge is 2.26. The van der Waals surface area contributed by atoms with Crippen molar-refractivity contribution in [3.63, 3.8) is 0 Å². The Hall–Kier alpha value is -0.120. The van der Waals surface area contributed by atoms with Crippen molar-refractivity contribution in [1.82, 2.24) is 4.90 Å². The van der Waals surface area contributed by atoms with Crippen LogP contribution in [0.25, 0.3) is 0 Å². The Balaban J connectivity index is 2.49. The van der Waals surface area contributed by atoms with Crippen LogP contribution >= 0.6 is 0 Å². The number of hydrogen-bond donors (Lipinski definition) is 1. The third-order valence-electron chi connectivity index (χ3n) is 2.78. The molecule has 0 bridgehead atoms. The molecule has 4 atom stereocenters. The molecule has 0 aromatic rings. The average molecular weight is 186 g/mol. The fourth-order valence-electron chi connectivity index (χ4n) is 1.88. The van der Waals surface area contributed by atoms with Crippen LogP contribution in [-0.2, 0) is 4.74 Å². The van der Waals surface area contributed by atoms with Crippen LogP contribution in [0.1, 0.15) is 27.7 Å². The van der Waals surface area contributed by atoms with Crippen LogP contribution in [0.15, 0.2) is 0 Å². The van der Waals surface area contributed by atoms with Crippen LogP contribution in [-0.4, -0.2) is 42.3 Å². The van der Waals surface area contributed by atoms with Crippen LogP contribution in [0.4, 0.5) is 0 Å². The maximum Gasteiger partial charge on any atom is 0.0678 e. The quantitative estimate of drug-likeness (QED) is 0.694. The number of ether oxygens (including phenoxy) is 1. The van der Waals surface area contributed by atoms with Gasteiger partial charge in [-0.1, -0.05) is 0 Å². The lowest BCUT2D eigenvalue weighted by atomic mass is 10.1. The summed E-state index contributed by atoms with van der Waals surface area (Å²) in [7, 11) is 0. The van der Waals surface area contributed by atoms with Crippen molar-refractivity contribution < 1.29 is 4.74 Å². The second kappa shape index (κ2) is 4.40. The largest absolute Gasteiger partial charge is 0.373 e. The summed E-state index contributed by atoms with van der Waals surface area (Å²) in [6, 6.07) is 0.686.